The van der Waals surface area contributed by atoms with Gasteiger partial charge in [-0.3, -0.25) is 20.4 Å². The van der Waals surface area contributed by atoms with Crippen molar-refractivity contribution in [2.45, 2.75) is 11.3 Å². The molecule has 0 spiro atoms. The standard InChI is InChI=1S/C20H16F2N2O2S/c21-15-8-9-18(17(22)11-15)27-12-20(26)24-23-19(25)10-14-6-3-5-13-4-1-2-7-16(13)14/h1-9,11H,10,12H2,(H,23,25)(H,24,26). The first-order valence-electron chi connectivity index (χ1n) is 8.15. The number of nitrogens with one attached hydrogen (secondary N) is 2. The molecule has 0 aliphatic heterocycles. The maximum absolute atomic E-state index is 13.5. The minimum Gasteiger partial charge on any atom is -0.273 e. The molecule has 0 bridgehead atoms. The van der Waals surface area contributed by atoms with E-state index >= 15 is 0 Å². The molecule has 2 amide bonds. The molecular formula is C20H16F2N2O2S. The lowest BCUT2D eigenvalue weighted by Gasteiger charge is -2.09. The Morgan fingerprint density at radius 3 is 2.44 bits per heavy atom. The second kappa shape index (κ2) is 8.64. The highest BCUT2D eigenvalue weighted by Crippen LogP contribution is 2.22. The van der Waals surface area contributed by atoms with E-state index in [1.165, 1.54) is 6.07 Å². The Kier molecular flexibility index (Phi) is 6.03. The Bertz CT molecular complexity index is 989. The molecule has 0 saturated carbocycles. The molecule has 0 aromatic heterocycles. The first kappa shape index (κ1) is 18.8. The van der Waals surface area contributed by atoms with E-state index in [0.29, 0.717) is 0 Å². The summed E-state index contributed by atoms with van der Waals surface area (Å²) in [5.74, 6) is -2.38. The highest BCUT2D eigenvalue weighted by atomic mass is 32.2. The molecular weight excluding hydrogens is 370 g/mol. The summed E-state index contributed by atoms with van der Waals surface area (Å²) in [5.41, 5.74) is 5.50. The van der Waals surface area contributed by atoms with E-state index in [9.17, 15) is 18.4 Å². The minimum absolute atomic E-state index is 0.112. The quantitative estimate of drug-likeness (QED) is 0.520. The van der Waals surface area contributed by atoms with Crippen LogP contribution in [0.25, 0.3) is 10.8 Å². The Morgan fingerprint density at radius 2 is 1.63 bits per heavy atom. The summed E-state index contributed by atoms with van der Waals surface area (Å²) < 4.78 is 26.4. The fraction of sp³-hybridized carbons (Fsp3) is 0.100. The summed E-state index contributed by atoms with van der Waals surface area (Å²) in [5, 5.41) is 2.01. The molecule has 7 heteroatoms. The lowest BCUT2D eigenvalue weighted by atomic mass is 10.0. The van der Waals surface area contributed by atoms with Gasteiger partial charge in [0.1, 0.15) is 11.6 Å². The third kappa shape index (κ3) is 5.04. The SMILES string of the molecule is O=C(CSc1ccc(F)cc1F)NNC(=O)Cc1cccc2ccccc12. The first-order valence-corrected chi connectivity index (χ1v) is 9.13. The van der Waals surface area contributed by atoms with Crippen LogP contribution in [0.3, 0.4) is 0 Å². The number of thioether (sulfide) groups is 1. The minimum atomic E-state index is -0.729. The topological polar surface area (TPSA) is 58.2 Å². The molecule has 4 nitrogen and oxygen atoms in total. The number of fused-ring (bicyclic) bond motifs is 1. The van der Waals surface area contributed by atoms with Crippen molar-refractivity contribution in [2.75, 3.05) is 5.75 Å². The van der Waals surface area contributed by atoms with E-state index in [0.717, 1.165) is 40.2 Å². The van der Waals surface area contributed by atoms with Crippen LogP contribution in [0.1, 0.15) is 5.56 Å². The van der Waals surface area contributed by atoms with Gasteiger partial charge in [-0.05, 0) is 28.5 Å². The van der Waals surface area contributed by atoms with Crippen LogP contribution in [0.4, 0.5) is 8.78 Å². The van der Waals surface area contributed by atoms with Crippen molar-refractivity contribution in [1.29, 1.82) is 0 Å². The second-order valence-corrected chi connectivity index (χ2v) is 6.79. The zero-order valence-corrected chi connectivity index (χ0v) is 15.0. The zero-order valence-electron chi connectivity index (χ0n) is 14.2. The van der Waals surface area contributed by atoms with Crippen LogP contribution in [0.15, 0.2) is 65.6 Å². The summed E-state index contributed by atoms with van der Waals surface area (Å²) >= 11 is 0.916. The molecule has 138 valence electrons. The van der Waals surface area contributed by atoms with E-state index in [4.69, 9.17) is 0 Å². The highest BCUT2D eigenvalue weighted by molar-refractivity contribution is 8.00. The van der Waals surface area contributed by atoms with Crippen molar-refractivity contribution in [3.63, 3.8) is 0 Å². The molecule has 3 aromatic rings. The molecule has 0 aliphatic carbocycles. The van der Waals surface area contributed by atoms with Gasteiger partial charge in [0.15, 0.2) is 0 Å². The molecule has 0 radical (unpaired) electrons. The fourth-order valence-corrected chi connectivity index (χ4v) is 3.29. The predicted octanol–water partition coefficient (Wildman–Crippen LogP) is 3.60. The van der Waals surface area contributed by atoms with Gasteiger partial charge < -0.3 is 0 Å². The average Bonchev–Trinajstić information content (AvgIpc) is 2.66. The Balaban J connectivity index is 1.50. The van der Waals surface area contributed by atoms with Crippen LogP contribution in [0.5, 0.6) is 0 Å². The van der Waals surface area contributed by atoms with Gasteiger partial charge in [0, 0.05) is 11.0 Å². The van der Waals surface area contributed by atoms with Crippen LogP contribution >= 0.6 is 11.8 Å². The number of amides is 2. The maximum atomic E-state index is 13.5. The summed E-state index contributed by atoms with van der Waals surface area (Å²) in [4.78, 5) is 24.1. The van der Waals surface area contributed by atoms with Crippen LogP contribution < -0.4 is 10.9 Å². The smallest absolute Gasteiger partial charge is 0.248 e. The molecule has 2 N–H and O–H groups in total. The summed E-state index contributed by atoms with van der Waals surface area (Å²) in [6.45, 7) is 0. The number of halogens is 2. The van der Waals surface area contributed by atoms with Gasteiger partial charge in [-0.15, -0.1) is 11.8 Å². The van der Waals surface area contributed by atoms with Gasteiger partial charge in [0.05, 0.1) is 12.2 Å². The highest BCUT2D eigenvalue weighted by Gasteiger charge is 2.10. The van der Waals surface area contributed by atoms with Gasteiger partial charge in [-0.25, -0.2) is 8.78 Å². The third-order valence-electron chi connectivity index (χ3n) is 3.82. The summed E-state index contributed by atoms with van der Waals surface area (Å²) in [6.07, 6.45) is 0.112. The third-order valence-corrected chi connectivity index (χ3v) is 4.87. The van der Waals surface area contributed by atoms with Gasteiger partial charge >= 0.3 is 0 Å². The van der Waals surface area contributed by atoms with Crippen molar-refractivity contribution in [1.82, 2.24) is 10.9 Å². The van der Waals surface area contributed by atoms with Crippen molar-refractivity contribution in [3.8, 4) is 0 Å². The number of hydrazine groups is 1. The van der Waals surface area contributed by atoms with Crippen LogP contribution in [-0.4, -0.2) is 17.6 Å². The van der Waals surface area contributed by atoms with Gasteiger partial charge in [0.25, 0.3) is 0 Å². The number of rotatable bonds is 5. The van der Waals surface area contributed by atoms with E-state index in [-0.39, 0.29) is 23.0 Å². The predicted molar refractivity (Wildman–Crippen MR) is 101 cm³/mol. The van der Waals surface area contributed by atoms with Crippen molar-refractivity contribution in [3.05, 3.63) is 77.9 Å². The molecule has 0 aliphatic rings. The van der Waals surface area contributed by atoms with Crippen LogP contribution in [0, 0.1) is 11.6 Å². The van der Waals surface area contributed by atoms with Gasteiger partial charge in [-0.1, -0.05) is 42.5 Å². The Labute approximate surface area is 158 Å². The monoisotopic (exact) mass is 386 g/mol. The molecule has 0 fully saturated rings. The number of benzene rings is 3. The number of carbonyl (C=O) groups excluding carboxylic acids is 2. The lowest BCUT2D eigenvalue weighted by Crippen LogP contribution is -2.43. The summed E-state index contributed by atoms with van der Waals surface area (Å²) in [6, 6.07) is 16.6. The van der Waals surface area contributed by atoms with E-state index in [1.807, 2.05) is 42.5 Å². The second-order valence-electron chi connectivity index (χ2n) is 5.77. The Hall–Kier alpha value is -2.93. The zero-order chi connectivity index (χ0) is 19.2. The molecule has 0 heterocycles. The molecule has 27 heavy (non-hydrogen) atoms. The average molecular weight is 386 g/mol. The van der Waals surface area contributed by atoms with E-state index < -0.39 is 17.5 Å². The molecule has 0 unspecified atom stereocenters. The number of hydrogen-bond acceptors (Lipinski definition) is 3. The number of carbonyl (C=O) groups is 2. The van der Waals surface area contributed by atoms with Gasteiger partial charge in [0.2, 0.25) is 11.8 Å². The van der Waals surface area contributed by atoms with Crippen molar-refractivity contribution < 1.29 is 18.4 Å². The summed E-state index contributed by atoms with van der Waals surface area (Å²) in [7, 11) is 0. The largest absolute Gasteiger partial charge is 0.273 e. The van der Waals surface area contributed by atoms with E-state index in [2.05, 4.69) is 10.9 Å². The van der Waals surface area contributed by atoms with Crippen LogP contribution in [-0.2, 0) is 16.0 Å². The van der Waals surface area contributed by atoms with Crippen LogP contribution in [0.2, 0.25) is 0 Å². The van der Waals surface area contributed by atoms with E-state index in [1.54, 1.807) is 0 Å². The van der Waals surface area contributed by atoms with Crippen molar-refractivity contribution >= 4 is 34.3 Å². The fourth-order valence-electron chi connectivity index (χ4n) is 2.57. The number of hydrogen-bond donors (Lipinski definition) is 2. The maximum Gasteiger partial charge on any atom is 0.248 e. The lowest BCUT2D eigenvalue weighted by molar-refractivity contribution is -0.127. The molecule has 0 atom stereocenters. The normalized spacial score (nSPS) is 10.6. The molecule has 0 saturated heterocycles. The van der Waals surface area contributed by atoms with Crippen molar-refractivity contribution in [2.24, 2.45) is 0 Å². The van der Waals surface area contributed by atoms with Gasteiger partial charge in [-0.2, -0.15) is 0 Å². The first-order chi connectivity index (χ1) is 13.0. The molecule has 3 rings (SSSR count). The molecule has 3 aromatic carbocycles. The Morgan fingerprint density at radius 1 is 0.889 bits per heavy atom.